The molecule has 2 aromatic heterocycles. The van der Waals surface area contributed by atoms with E-state index >= 15 is 0 Å². The number of fused-ring (bicyclic) bond motifs is 2. The van der Waals surface area contributed by atoms with Crippen molar-refractivity contribution in [2.45, 2.75) is 6.42 Å². The molecule has 2 amide bonds. The molecule has 0 aliphatic rings. The lowest BCUT2D eigenvalue weighted by Crippen LogP contribution is -2.38. The van der Waals surface area contributed by atoms with Gasteiger partial charge in [-0.3, -0.25) is 4.40 Å². The van der Waals surface area contributed by atoms with Gasteiger partial charge < -0.3 is 15.0 Å². The van der Waals surface area contributed by atoms with E-state index in [1.807, 2.05) is 12.1 Å². The highest BCUT2D eigenvalue weighted by Crippen LogP contribution is 2.27. The molecule has 0 aliphatic carbocycles. The molecule has 3 aromatic carbocycles. The fourth-order valence-corrected chi connectivity index (χ4v) is 5.00. The number of hydrogen-bond acceptors (Lipinski definition) is 5. The Kier molecular flexibility index (Phi) is 6.94. The number of benzene rings is 3. The second-order valence-electron chi connectivity index (χ2n) is 8.42. The van der Waals surface area contributed by atoms with Crippen molar-refractivity contribution in [3.8, 4) is 17.3 Å². The molecule has 0 fully saturated rings. The van der Waals surface area contributed by atoms with Crippen molar-refractivity contribution in [2.75, 3.05) is 32.1 Å². The van der Waals surface area contributed by atoms with Crippen molar-refractivity contribution in [3.63, 3.8) is 0 Å². The smallest absolute Gasteiger partial charge is 0.321 e. The first-order valence-electron chi connectivity index (χ1n) is 11.6. The molecule has 0 saturated carbocycles. The van der Waals surface area contributed by atoms with E-state index in [1.165, 1.54) is 10.8 Å². The molecule has 0 radical (unpaired) electrons. The number of nitrogens with one attached hydrogen (secondary N) is 1. The lowest BCUT2D eigenvalue weighted by atomic mass is 10.1. The predicted molar refractivity (Wildman–Crippen MR) is 143 cm³/mol. The molecule has 5 rings (SSSR count). The van der Waals surface area contributed by atoms with Gasteiger partial charge in [0, 0.05) is 55.1 Å². The van der Waals surface area contributed by atoms with Crippen LogP contribution >= 0.6 is 11.3 Å². The third-order valence-corrected chi connectivity index (χ3v) is 6.97. The van der Waals surface area contributed by atoms with Crippen molar-refractivity contribution in [1.82, 2.24) is 14.3 Å². The number of urea groups is 1. The normalized spacial score (nSPS) is 11.0. The number of aromatic nitrogens is 2. The van der Waals surface area contributed by atoms with E-state index in [0.29, 0.717) is 37.4 Å². The Morgan fingerprint density at radius 2 is 1.92 bits per heavy atom. The van der Waals surface area contributed by atoms with E-state index < -0.39 is 0 Å². The minimum absolute atomic E-state index is 0.203. The maximum absolute atomic E-state index is 13.0. The van der Waals surface area contributed by atoms with Crippen molar-refractivity contribution in [2.24, 2.45) is 0 Å². The number of amides is 2. The van der Waals surface area contributed by atoms with Crippen molar-refractivity contribution in [1.29, 1.82) is 5.26 Å². The zero-order valence-electron chi connectivity index (χ0n) is 19.8. The maximum atomic E-state index is 13.0. The van der Waals surface area contributed by atoms with Crippen molar-refractivity contribution < 1.29 is 9.53 Å². The summed E-state index contributed by atoms with van der Waals surface area (Å²) in [5, 5.41) is 16.4. The Balaban J connectivity index is 1.31. The van der Waals surface area contributed by atoms with E-state index in [1.54, 1.807) is 47.6 Å². The van der Waals surface area contributed by atoms with Crippen LogP contribution in [0.1, 0.15) is 11.3 Å². The molecule has 0 aliphatic heterocycles. The summed E-state index contributed by atoms with van der Waals surface area (Å²) in [6, 6.07) is 23.4. The summed E-state index contributed by atoms with van der Waals surface area (Å²) in [7, 11) is 1.62. The second-order valence-corrected chi connectivity index (χ2v) is 9.25. The summed E-state index contributed by atoms with van der Waals surface area (Å²) in [5.41, 5.74) is 4.31. The summed E-state index contributed by atoms with van der Waals surface area (Å²) in [5.74, 6) is 0. The monoisotopic (exact) mass is 495 g/mol. The van der Waals surface area contributed by atoms with Crippen LogP contribution in [-0.4, -0.2) is 47.1 Å². The number of carbonyl (C=O) groups is 1. The molecule has 1 N–H and O–H groups in total. The number of carbonyl (C=O) groups excluding carboxylic acids is 1. The summed E-state index contributed by atoms with van der Waals surface area (Å²) >= 11 is 1.60. The number of methoxy groups -OCH3 is 1. The van der Waals surface area contributed by atoms with E-state index in [4.69, 9.17) is 15.0 Å². The van der Waals surface area contributed by atoms with Gasteiger partial charge in [-0.15, -0.1) is 11.3 Å². The summed E-state index contributed by atoms with van der Waals surface area (Å²) in [4.78, 5) is 20.5. The number of rotatable bonds is 8. The van der Waals surface area contributed by atoms with Crippen LogP contribution in [0.2, 0.25) is 0 Å². The minimum Gasteiger partial charge on any atom is -0.383 e. The SMILES string of the molecule is COCCN(CCc1csc2nc(-c3ccc4ccccc4c3)cn12)C(=O)Nc1ccc(C#N)cc1. The molecule has 8 heteroatoms. The molecule has 0 bridgehead atoms. The first-order valence-corrected chi connectivity index (χ1v) is 12.5. The first-order chi connectivity index (χ1) is 17.6. The van der Waals surface area contributed by atoms with Gasteiger partial charge in [0.05, 0.1) is 23.9 Å². The average molecular weight is 496 g/mol. The van der Waals surface area contributed by atoms with E-state index in [9.17, 15) is 4.79 Å². The third-order valence-electron chi connectivity index (χ3n) is 6.08. The van der Waals surface area contributed by atoms with E-state index in [0.717, 1.165) is 21.9 Å². The van der Waals surface area contributed by atoms with Crippen LogP contribution in [0, 0.1) is 11.3 Å². The predicted octanol–water partition coefficient (Wildman–Crippen LogP) is 5.81. The van der Waals surface area contributed by atoms with E-state index in [-0.39, 0.29) is 6.03 Å². The number of nitrogens with zero attached hydrogens (tertiary/aromatic N) is 4. The van der Waals surface area contributed by atoms with Crippen LogP contribution in [0.4, 0.5) is 10.5 Å². The molecule has 180 valence electrons. The second kappa shape index (κ2) is 10.6. The highest BCUT2D eigenvalue weighted by Gasteiger charge is 2.16. The Bertz CT molecular complexity index is 1550. The fraction of sp³-hybridized carbons (Fsp3) is 0.179. The van der Waals surface area contributed by atoms with Gasteiger partial charge >= 0.3 is 6.03 Å². The van der Waals surface area contributed by atoms with Gasteiger partial charge in [-0.1, -0.05) is 36.4 Å². The van der Waals surface area contributed by atoms with Gasteiger partial charge in [0.15, 0.2) is 4.96 Å². The van der Waals surface area contributed by atoms with Crippen LogP contribution < -0.4 is 5.32 Å². The third kappa shape index (κ3) is 5.08. The lowest BCUT2D eigenvalue weighted by molar-refractivity contribution is 0.155. The standard InChI is InChI=1S/C28H25N5O2S/c1-35-15-14-32(27(34)30-24-10-6-20(17-29)7-11-24)13-12-25-19-36-28-31-26(18-33(25)28)23-9-8-21-4-2-3-5-22(21)16-23/h2-11,16,18-19H,12-15H2,1H3,(H,30,34). The quantitative estimate of drug-likeness (QED) is 0.294. The van der Waals surface area contributed by atoms with Crippen LogP contribution in [0.3, 0.4) is 0 Å². The van der Waals surface area contributed by atoms with Gasteiger partial charge in [0.2, 0.25) is 0 Å². The molecule has 0 spiro atoms. The minimum atomic E-state index is -0.203. The van der Waals surface area contributed by atoms with Gasteiger partial charge in [0.25, 0.3) is 0 Å². The molecular weight excluding hydrogens is 470 g/mol. The molecule has 36 heavy (non-hydrogen) atoms. The number of hydrogen-bond donors (Lipinski definition) is 1. The Hall–Kier alpha value is -4.19. The zero-order chi connectivity index (χ0) is 24.9. The molecule has 0 saturated heterocycles. The molecule has 0 unspecified atom stereocenters. The van der Waals surface area contributed by atoms with Gasteiger partial charge in [0.1, 0.15) is 0 Å². The van der Waals surface area contributed by atoms with Crippen LogP contribution in [0.5, 0.6) is 0 Å². The lowest BCUT2D eigenvalue weighted by Gasteiger charge is -2.22. The molecular formula is C28H25N5O2S. The zero-order valence-corrected chi connectivity index (χ0v) is 20.7. The first kappa shape index (κ1) is 23.5. The van der Waals surface area contributed by atoms with Crippen LogP contribution in [0.15, 0.2) is 78.3 Å². The Morgan fingerprint density at radius 1 is 1.11 bits per heavy atom. The van der Waals surface area contributed by atoms with Gasteiger partial charge in [-0.25, -0.2) is 9.78 Å². The highest BCUT2D eigenvalue weighted by molar-refractivity contribution is 7.15. The Morgan fingerprint density at radius 3 is 2.69 bits per heavy atom. The highest BCUT2D eigenvalue weighted by atomic mass is 32.1. The van der Waals surface area contributed by atoms with Crippen LogP contribution in [0.25, 0.3) is 27.0 Å². The largest absolute Gasteiger partial charge is 0.383 e. The van der Waals surface area contributed by atoms with Crippen molar-refractivity contribution in [3.05, 3.63) is 89.6 Å². The summed E-state index contributed by atoms with van der Waals surface area (Å²) in [6.45, 7) is 1.44. The summed E-state index contributed by atoms with van der Waals surface area (Å²) in [6.07, 6.45) is 2.75. The van der Waals surface area contributed by atoms with Crippen LogP contribution in [-0.2, 0) is 11.2 Å². The number of nitriles is 1. The van der Waals surface area contributed by atoms with Gasteiger partial charge in [-0.2, -0.15) is 5.26 Å². The molecule has 2 heterocycles. The molecule has 7 nitrogen and oxygen atoms in total. The molecule has 0 atom stereocenters. The topological polar surface area (TPSA) is 82.7 Å². The number of thiazole rings is 1. The van der Waals surface area contributed by atoms with Crippen molar-refractivity contribution >= 4 is 38.8 Å². The number of ether oxygens (including phenoxy) is 1. The fourth-order valence-electron chi connectivity index (χ4n) is 4.09. The van der Waals surface area contributed by atoms with Gasteiger partial charge in [-0.05, 0) is 41.1 Å². The van der Waals surface area contributed by atoms with E-state index in [2.05, 4.69) is 57.7 Å². The molecule has 5 aromatic rings. The summed E-state index contributed by atoms with van der Waals surface area (Å²) < 4.78 is 7.34. The number of anilines is 1. The average Bonchev–Trinajstić information content (AvgIpc) is 3.50. The number of imidazole rings is 1. The maximum Gasteiger partial charge on any atom is 0.321 e. The Labute approximate surface area is 213 Å².